The van der Waals surface area contributed by atoms with E-state index in [-0.39, 0.29) is 5.82 Å². The molecule has 4 aromatic rings. The molecular formula is C22H16ClFN2O. The number of hydrogen-bond acceptors (Lipinski definition) is 2. The van der Waals surface area contributed by atoms with E-state index in [0.717, 1.165) is 22.5 Å². The van der Waals surface area contributed by atoms with Crippen LogP contribution in [0.15, 0.2) is 88.5 Å². The summed E-state index contributed by atoms with van der Waals surface area (Å²) in [6.45, 7) is 0.418. The van der Waals surface area contributed by atoms with Gasteiger partial charge in [0.25, 0.3) is 0 Å². The number of nitrogens with zero attached hydrogens (tertiary/aromatic N) is 2. The Labute approximate surface area is 161 Å². The molecule has 0 N–H and O–H groups in total. The number of aliphatic imine (C=N–C) groups is 1. The molecule has 0 aliphatic rings. The first-order chi connectivity index (χ1) is 13.2. The Morgan fingerprint density at radius 1 is 1.00 bits per heavy atom. The van der Waals surface area contributed by atoms with Crippen molar-refractivity contribution in [1.29, 1.82) is 0 Å². The van der Waals surface area contributed by atoms with Gasteiger partial charge in [0.05, 0.1) is 6.54 Å². The molecule has 4 rings (SSSR count). The van der Waals surface area contributed by atoms with E-state index in [0.29, 0.717) is 17.5 Å². The van der Waals surface area contributed by atoms with Crippen molar-refractivity contribution >= 4 is 17.8 Å². The van der Waals surface area contributed by atoms with Crippen LogP contribution in [0.2, 0.25) is 5.02 Å². The van der Waals surface area contributed by atoms with Gasteiger partial charge in [0.1, 0.15) is 11.6 Å². The number of furan rings is 1. The number of aromatic nitrogens is 1. The minimum Gasteiger partial charge on any atom is -0.439 e. The predicted octanol–water partition coefficient (Wildman–Crippen LogP) is 6.15. The zero-order valence-corrected chi connectivity index (χ0v) is 15.1. The smallest absolute Gasteiger partial charge is 0.209 e. The van der Waals surface area contributed by atoms with Crippen LogP contribution in [-0.2, 0) is 6.54 Å². The van der Waals surface area contributed by atoms with E-state index in [1.54, 1.807) is 12.3 Å². The highest BCUT2D eigenvalue weighted by Crippen LogP contribution is 2.29. The number of hydrogen-bond donors (Lipinski definition) is 0. The molecule has 3 nitrogen and oxygen atoms in total. The summed E-state index contributed by atoms with van der Waals surface area (Å²) in [5.41, 5.74) is 2.59. The number of halogens is 2. The molecule has 2 aromatic heterocycles. The maximum Gasteiger partial charge on any atom is 0.209 e. The van der Waals surface area contributed by atoms with Gasteiger partial charge in [-0.1, -0.05) is 23.7 Å². The van der Waals surface area contributed by atoms with Crippen LogP contribution >= 0.6 is 11.6 Å². The summed E-state index contributed by atoms with van der Waals surface area (Å²) < 4.78 is 21.3. The van der Waals surface area contributed by atoms with Crippen LogP contribution in [0.25, 0.3) is 17.2 Å². The lowest BCUT2D eigenvalue weighted by Crippen LogP contribution is -1.92. The van der Waals surface area contributed by atoms with Crippen molar-refractivity contribution in [2.45, 2.75) is 6.54 Å². The van der Waals surface area contributed by atoms with Crippen molar-refractivity contribution in [2.75, 3.05) is 0 Å². The van der Waals surface area contributed by atoms with Crippen LogP contribution in [0.1, 0.15) is 11.1 Å². The molecule has 0 saturated carbocycles. The molecule has 0 spiro atoms. The van der Waals surface area contributed by atoms with Gasteiger partial charge in [-0.3, -0.25) is 9.56 Å². The molecule has 0 amide bonds. The largest absolute Gasteiger partial charge is 0.439 e. The molecule has 5 heteroatoms. The van der Waals surface area contributed by atoms with E-state index in [9.17, 15) is 4.39 Å². The van der Waals surface area contributed by atoms with Gasteiger partial charge in [-0.15, -0.1) is 0 Å². The lowest BCUT2D eigenvalue weighted by atomic mass is 10.1. The summed E-state index contributed by atoms with van der Waals surface area (Å²) in [7, 11) is 0. The Hall–Kier alpha value is -3.11. The monoisotopic (exact) mass is 378 g/mol. The average Bonchev–Trinajstić information content (AvgIpc) is 3.32. The highest BCUT2D eigenvalue weighted by atomic mass is 35.5. The first-order valence-corrected chi connectivity index (χ1v) is 8.84. The number of benzene rings is 2. The van der Waals surface area contributed by atoms with E-state index in [1.165, 1.54) is 12.1 Å². The Bertz CT molecular complexity index is 1070. The molecule has 134 valence electrons. The van der Waals surface area contributed by atoms with E-state index in [1.807, 2.05) is 65.5 Å². The van der Waals surface area contributed by atoms with Gasteiger partial charge in [-0.25, -0.2) is 4.39 Å². The summed E-state index contributed by atoms with van der Waals surface area (Å²) in [5, 5.41) is 0.677. The maximum atomic E-state index is 13.3. The fourth-order valence-corrected chi connectivity index (χ4v) is 2.94. The highest BCUT2D eigenvalue weighted by Gasteiger charge is 2.13. The van der Waals surface area contributed by atoms with Gasteiger partial charge in [0, 0.05) is 34.8 Å². The van der Waals surface area contributed by atoms with Crippen LogP contribution in [0.3, 0.4) is 0 Å². The molecule has 0 fully saturated rings. The summed E-state index contributed by atoms with van der Waals surface area (Å²) in [6, 6.07) is 19.7. The maximum absolute atomic E-state index is 13.3. The molecule has 0 saturated heterocycles. The first-order valence-electron chi connectivity index (χ1n) is 8.46. The van der Waals surface area contributed by atoms with Crippen LogP contribution < -0.4 is 0 Å². The third-order valence-corrected chi connectivity index (χ3v) is 4.36. The average molecular weight is 379 g/mol. The highest BCUT2D eigenvalue weighted by molar-refractivity contribution is 6.30. The summed E-state index contributed by atoms with van der Waals surface area (Å²) >= 11 is 5.97. The van der Waals surface area contributed by atoms with Crippen molar-refractivity contribution in [3.63, 3.8) is 0 Å². The lowest BCUT2D eigenvalue weighted by molar-refractivity contribution is 0.548. The second-order valence-corrected chi connectivity index (χ2v) is 6.50. The van der Waals surface area contributed by atoms with Gasteiger partial charge >= 0.3 is 0 Å². The summed E-state index contributed by atoms with van der Waals surface area (Å²) in [5.74, 6) is 1.17. The minimum absolute atomic E-state index is 0.277. The second kappa shape index (κ2) is 7.64. The molecule has 27 heavy (non-hydrogen) atoms. The lowest BCUT2D eigenvalue weighted by Gasteiger charge is -2.01. The zero-order chi connectivity index (χ0) is 18.6. The standard InChI is InChI=1S/C22H16ClFN2O/c23-19-8-6-17(7-9-19)21-13-18(22(27-21)26-10-1-2-11-26)15-25-14-16-4-3-5-20(24)12-16/h1-14H,15H2. The zero-order valence-electron chi connectivity index (χ0n) is 14.3. The molecule has 0 unspecified atom stereocenters. The first kappa shape index (κ1) is 17.3. The van der Waals surface area contributed by atoms with Crippen LogP contribution in [-0.4, -0.2) is 10.8 Å². The molecule has 0 radical (unpaired) electrons. The van der Waals surface area contributed by atoms with Crippen molar-refractivity contribution in [3.05, 3.63) is 101 Å². The van der Waals surface area contributed by atoms with Gasteiger partial charge in [0.15, 0.2) is 0 Å². The fourth-order valence-electron chi connectivity index (χ4n) is 2.81. The van der Waals surface area contributed by atoms with Gasteiger partial charge in [-0.2, -0.15) is 0 Å². The summed E-state index contributed by atoms with van der Waals surface area (Å²) in [6.07, 6.45) is 5.51. The van der Waals surface area contributed by atoms with Crippen molar-refractivity contribution in [1.82, 2.24) is 4.57 Å². The Balaban J connectivity index is 1.65. The predicted molar refractivity (Wildman–Crippen MR) is 106 cm³/mol. The summed E-state index contributed by atoms with van der Waals surface area (Å²) in [4.78, 5) is 4.46. The topological polar surface area (TPSA) is 30.4 Å². The molecule has 2 aromatic carbocycles. The van der Waals surface area contributed by atoms with Crippen molar-refractivity contribution in [2.24, 2.45) is 4.99 Å². The van der Waals surface area contributed by atoms with Crippen LogP contribution in [0.4, 0.5) is 4.39 Å². The van der Waals surface area contributed by atoms with Crippen LogP contribution in [0, 0.1) is 5.82 Å². The van der Waals surface area contributed by atoms with Crippen molar-refractivity contribution in [3.8, 4) is 17.2 Å². The third-order valence-electron chi connectivity index (χ3n) is 4.11. The molecule has 0 aliphatic carbocycles. The minimum atomic E-state index is -0.277. The molecular weight excluding hydrogens is 363 g/mol. The third kappa shape index (κ3) is 4.01. The normalized spacial score (nSPS) is 11.3. The second-order valence-electron chi connectivity index (χ2n) is 6.06. The van der Waals surface area contributed by atoms with Crippen molar-refractivity contribution < 1.29 is 8.81 Å². The van der Waals surface area contributed by atoms with E-state index in [2.05, 4.69) is 4.99 Å². The van der Waals surface area contributed by atoms with Gasteiger partial charge in [-0.05, 0) is 60.2 Å². The van der Waals surface area contributed by atoms with Gasteiger partial charge < -0.3 is 4.42 Å². The number of rotatable bonds is 5. The Morgan fingerprint density at radius 2 is 1.78 bits per heavy atom. The Morgan fingerprint density at radius 3 is 2.52 bits per heavy atom. The SMILES string of the molecule is Fc1cccc(C=NCc2cc(-c3ccc(Cl)cc3)oc2-n2cccc2)c1. The molecule has 0 atom stereocenters. The van der Waals surface area contributed by atoms with Gasteiger partial charge in [0.2, 0.25) is 5.88 Å². The van der Waals surface area contributed by atoms with E-state index < -0.39 is 0 Å². The Kier molecular flexibility index (Phi) is 4.90. The van der Waals surface area contributed by atoms with Crippen LogP contribution in [0.5, 0.6) is 0 Å². The molecule has 0 bridgehead atoms. The molecule has 0 aliphatic heterocycles. The molecule has 2 heterocycles. The van der Waals surface area contributed by atoms with E-state index in [4.69, 9.17) is 16.0 Å². The fraction of sp³-hybridized carbons (Fsp3) is 0.0455. The quantitative estimate of drug-likeness (QED) is 0.383. The van der Waals surface area contributed by atoms with E-state index >= 15 is 0 Å².